The molecule has 0 N–H and O–H groups in total. The van der Waals surface area contributed by atoms with Crippen LogP contribution in [0, 0.1) is 12.8 Å². The molecule has 0 nitrogen and oxygen atoms in total. The smallest absolute Gasteiger partial charge is 0.0162 e. The standard InChI is InChI=1S/C18H26/c1-3-4-5-6-16-9-13-18(14-10-16)17-11-7-15(2)8-12-17/h3-4,7-8,11-12,16,18H,5-6,9-10,13-14H2,1-2H3/b4-3+. The van der Waals surface area contributed by atoms with Crippen LogP contribution in [0.5, 0.6) is 0 Å². The summed E-state index contributed by atoms with van der Waals surface area (Å²) in [6, 6.07) is 9.18. The molecule has 0 spiro atoms. The van der Waals surface area contributed by atoms with E-state index in [-0.39, 0.29) is 0 Å². The van der Waals surface area contributed by atoms with Gasteiger partial charge in [-0.3, -0.25) is 0 Å². The molecule has 0 heteroatoms. The Bertz CT molecular complexity index is 364. The number of aryl methyl sites for hydroxylation is 1. The van der Waals surface area contributed by atoms with Crippen molar-refractivity contribution in [1.82, 2.24) is 0 Å². The van der Waals surface area contributed by atoms with Crippen molar-refractivity contribution in [2.75, 3.05) is 0 Å². The highest BCUT2D eigenvalue weighted by molar-refractivity contribution is 5.24. The van der Waals surface area contributed by atoms with E-state index in [2.05, 4.69) is 50.3 Å². The summed E-state index contributed by atoms with van der Waals surface area (Å²) in [6.07, 6.45) is 12.8. The maximum atomic E-state index is 2.33. The minimum Gasteiger partial charge on any atom is -0.0917 e. The average molecular weight is 242 g/mol. The summed E-state index contributed by atoms with van der Waals surface area (Å²) in [7, 11) is 0. The minimum absolute atomic E-state index is 0.823. The lowest BCUT2D eigenvalue weighted by molar-refractivity contribution is 0.312. The van der Waals surface area contributed by atoms with Crippen molar-refractivity contribution >= 4 is 0 Å². The van der Waals surface area contributed by atoms with Crippen molar-refractivity contribution in [2.45, 2.75) is 58.3 Å². The Morgan fingerprint density at radius 1 is 1.06 bits per heavy atom. The third-order valence-corrected chi connectivity index (χ3v) is 4.37. The fraction of sp³-hybridized carbons (Fsp3) is 0.556. The largest absolute Gasteiger partial charge is 0.0917 e. The Morgan fingerprint density at radius 3 is 2.33 bits per heavy atom. The van der Waals surface area contributed by atoms with Gasteiger partial charge in [0.15, 0.2) is 0 Å². The fourth-order valence-electron chi connectivity index (χ4n) is 3.12. The molecule has 1 aliphatic rings. The molecule has 0 amide bonds. The van der Waals surface area contributed by atoms with Gasteiger partial charge < -0.3 is 0 Å². The van der Waals surface area contributed by atoms with E-state index < -0.39 is 0 Å². The van der Waals surface area contributed by atoms with Crippen molar-refractivity contribution in [2.24, 2.45) is 5.92 Å². The number of hydrogen-bond donors (Lipinski definition) is 0. The van der Waals surface area contributed by atoms with E-state index >= 15 is 0 Å². The lowest BCUT2D eigenvalue weighted by Gasteiger charge is -2.28. The van der Waals surface area contributed by atoms with E-state index in [9.17, 15) is 0 Å². The van der Waals surface area contributed by atoms with Gasteiger partial charge in [0.2, 0.25) is 0 Å². The molecule has 1 saturated carbocycles. The summed E-state index contributed by atoms with van der Waals surface area (Å²) < 4.78 is 0. The monoisotopic (exact) mass is 242 g/mol. The molecule has 0 heterocycles. The summed E-state index contributed by atoms with van der Waals surface area (Å²) in [6.45, 7) is 4.29. The Hall–Kier alpha value is -1.04. The minimum atomic E-state index is 0.823. The van der Waals surface area contributed by atoms with E-state index in [1.54, 1.807) is 5.56 Å². The zero-order chi connectivity index (χ0) is 12.8. The SMILES string of the molecule is C/C=C/CCC1CCC(c2ccc(C)cc2)CC1. The molecule has 2 rings (SSSR count). The van der Waals surface area contributed by atoms with Gasteiger partial charge in [0.25, 0.3) is 0 Å². The van der Waals surface area contributed by atoms with E-state index in [4.69, 9.17) is 0 Å². The van der Waals surface area contributed by atoms with E-state index in [1.165, 1.54) is 44.1 Å². The van der Waals surface area contributed by atoms with Crippen LogP contribution in [-0.4, -0.2) is 0 Å². The van der Waals surface area contributed by atoms with Crippen molar-refractivity contribution in [3.8, 4) is 0 Å². The van der Waals surface area contributed by atoms with E-state index in [0.717, 1.165) is 11.8 Å². The van der Waals surface area contributed by atoms with E-state index in [1.807, 2.05) is 0 Å². The molecule has 0 saturated heterocycles. The van der Waals surface area contributed by atoms with Gasteiger partial charge in [0.1, 0.15) is 0 Å². The van der Waals surface area contributed by atoms with Gasteiger partial charge in [0, 0.05) is 0 Å². The molecule has 1 fully saturated rings. The molecule has 0 aliphatic heterocycles. The lowest BCUT2D eigenvalue weighted by atomic mass is 9.77. The topological polar surface area (TPSA) is 0 Å². The van der Waals surface area contributed by atoms with Crippen LogP contribution in [-0.2, 0) is 0 Å². The Balaban J connectivity index is 1.81. The predicted octanol–water partition coefficient (Wildman–Crippen LogP) is 5.63. The zero-order valence-electron chi connectivity index (χ0n) is 11.9. The highest BCUT2D eigenvalue weighted by Crippen LogP contribution is 2.37. The first kappa shape index (κ1) is 13.4. The van der Waals surface area contributed by atoms with E-state index in [0.29, 0.717) is 0 Å². The van der Waals surface area contributed by atoms with Gasteiger partial charge in [-0.2, -0.15) is 0 Å². The molecule has 98 valence electrons. The average Bonchev–Trinajstić information content (AvgIpc) is 2.41. The molecular weight excluding hydrogens is 216 g/mol. The van der Waals surface area contributed by atoms with Crippen LogP contribution < -0.4 is 0 Å². The molecule has 1 aromatic rings. The second-order valence-electron chi connectivity index (χ2n) is 5.77. The highest BCUT2D eigenvalue weighted by atomic mass is 14.3. The second kappa shape index (κ2) is 6.78. The summed E-state index contributed by atoms with van der Waals surface area (Å²) in [4.78, 5) is 0. The van der Waals surface area contributed by atoms with Crippen molar-refractivity contribution < 1.29 is 0 Å². The molecule has 18 heavy (non-hydrogen) atoms. The van der Waals surface area contributed by atoms with Gasteiger partial charge in [-0.1, -0.05) is 42.0 Å². The van der Waals surface area contributed by atoms with Crippen LogP contribution >= 0.6 is 0 Å². The highest BCUT2D eigenvalue weighted by Gasteiger charge is 2.21. The first-order valence-electron chi connectivity index (χ1n) is 7.47. The molecule has 0 atom stereocenters. The van der Waals surface area contributed by atoms with Gasteiger partial charge in [-0.25, -0.2) is 0 Å². The van der Waals surface area contributed by atoms with Gasteiger partial charge in [-0.05, 0) is 69.8 Å². The van der Waals surface area contributed by atoms with Crippen molar-refractivity contribution in [3.05, 3.63) is 47.5 Å². The lowest BCUT2D eigenvalue weighted by Crippen LogP contribution is -2.13. The van der Waals surface area contributed by atoms with Crippen LogP contribution in [0.1, 0.15) is 62.5 Å². The van der Waals surface area contributed by atoms with Crippen LogP contribution in [0.2, 0.25) is 0 Å². The van der Waals surface area contributed by atoms with Gasteiger partial charge in [0.05, 0.1) is 0 Å². The maximum absolute atomic E-state index is 2.33. The predicted molar refractivity (Wildman–Crippen MR) is 79.9 cm³/mol. The number of hydrogen-bond acceptors (Lipinski definition) is 0. The summed E-state index contributed by atoms with van der Waals surface area (Å²) in [5.74, 6) is 1.80. The van der Waals surface area contributed by atoms with Crippen LogP contribution in [0.4, 0.5) is 0 Å². The molecular formula is C18H26. The second-order valence-corrected chi connectivity index (χ2v) is 5.77. The third kappa shape index (κ3) is 3.73. The Labute approximate surface area is 112 Å². The normalized spacial score (nSPS) is 24.6. The molecule has 0 radical (unpaired) electrons. The van der Waals surface area contributed by atoms with Crippen LogP contribution in [0.15, 0.2) is 36.4 Å². The van der Waals surface area contributed by atoms with Gasteiger partial charge >= 0.3 is 0 Å². The number of benzene rings is 1. The Kier molecular flexibility index (Phi) is 5.04. The quantitative estimate of drug-likeness (QED) is 0.601. The molecule has 1 aromatic carbocycles. The number of rotatable bonds is 4. The first-order chi connectivity index (χ1) is 8.79. The first-order valence-corrected chi connectivity index (χ1v) is 7.47. The molecule has 0 unspecified atom stereocenters. The Morgan fingerprint density at radius 2 is 1.72 bits per heavy atom. The number of allylic oxidation sites excluding steroid dienone is 2. The fourth-order valence-corrected chi connectivity index (χ4v) is 3.12. The van der Waals surface area contributed by atoms with Gasteiger partial charge in [-0.15, -0.1) is 0 Å². The van der Waals surface area contributed by atoms with Crippen molar-refractivity contribution in [1.29, 1.82) is 0 Å². The van der Waals surface area contributed by atoms with Crippen LogP contribution in [0.25, 0.3) is 0 Å². The third-order valence-electron chi connectivity index (χ3n) is 4.37. The maximum Gasteiger partial charge on any atom is -0.0162 e. The molecule has 0 bridgehead atoms. The summed E-state index contributed by atoms with van der Waals surface area (Å²) >= 11 is 0. The summed E-state index contributed by atoms with van der Waals surface area (Å²) in [5.41, 5.74) is 2.94. The zero-order valence-corrected chi connectivity index (χ0v) is 11.9. The molecule has 1 aliphatic carbocycles. The van der Waals surface area contributed by atoms with Crippen LogP contribution in [0.3, 0.4) is 0 Å². The molecule has 0 aromatic heterocycles. The van der Waals surface area contributed by atoms with Crippen molar-refractivity contribution in [3.63, 3.8) is 0 Å². The summed E-state index contributed by atoms with van der Waals surface area (Å²) in [5, 5.41) is 0.